The zero-order chi connectivity index (χ0) is 16.8. The van der Waals surface area contributed by atoms with Gasteiger partial charge in [0.15, 0.2) is 17.5 Å². The molecule has 25 heavy (non-hydrogen) atoms. The smallest absolute Gasteiger partial charge is 0.161 e. The molecule has 0 spiro atoms. The van der Waals surface area contributed by atoms with Crippen LogP contribution in [0.3, 0.4) is 0 Å². The second kappa shape index (κ2) is 5.61. The molecule has 0 saturated heterocycles. The Hall–Kier alpha value is -2.83. The summed E-state index contributed by atoms with van der Waals surface area (Å²) in [6, 6.07) is 4.62. The molecule has 1 atom stereocenters. The van der Waals surface area contributed by atoms with Crippen molar-refractivity contribution in [1.82, 2.24) is 29.7 Å². The van der Waals surface area contributed by atoms with Crippen molar-refractivity contribution in [2.45, 2.75) is 44.7 Å². The van der Waals surface area contributed by atoms with E-state index >= 15 is 0 Å². The van der Waals surface area contributed by atoms with Crippen LogP contribution in [0.4, 0.5) is 5.82 Å². The summed E-state index contributed by atoms with van der Waals surface area (Å²) in [7, 11) is 0. The minimum absolute atomic E-state index is 0.209. The number of fused-ring (bicyclic) bond motifs is 3. The van der Waals surface area contributed by atoms with Crippen LogP contribution in [0.2, 0.25) is 0 Å². The highest BCUT2D eigenvalue weighted by atomic mass is 15.4. The van der Waals surface area contributed by atoms with Gasteiger partial charge < -0.3 is 4.90 Å². The Bertz CT molecular complexity index is 901. The van der Waals surface area contributed by atoms with E-state index in [1.165, 1.54) is 19.3 Å². The van der Waals surface area contributed by atoms with Crippen LogP contribution in [0.25, 0.3) is 17.1 Å². The van der Waals surface area contributed by atoms with Gasteiger partial charge in [-0.25, -0.2) is 9.97 Å². The van der Waals surface area contributed by atoms with Crippen LogP contribution in [0, 0.1) is 0 Å². The average Bonchev–Trinajstić information content (AvgIpc) is 3.10. The van der Waals surface area contributed by atoms with Gasteiger partial charge in [-0.2, -0.15) is 0 Å². The van der Waals surface area contributed by atoms with E-state index in [1.807, 2.05) is 22.9 Å². The van der Waals surface area contributed by atoms with Crippen LogP contribution >= 0.6 is 0 Å². The lowest BCUT2D eigenvalue weighted by atomic mass is 9.89. The molecular weight excluding hydrogens is 314 g/mol. The summed E-state index contributed by atoms with van der Waals surface area (Å²) in [5.74, 6) is 2.71. The fourth-order valence-corrected chi connectivity index (χ4v) is 3.77. The molecule has 1 fully saturated rings. The summed E-state index contributed by atoms with van der Waals surface area (Å²) in [5.41, 5.74) is 1.95. The van der Waals surface area contributed by atoms with E-state index in [1.54, 1.807) is 18.7 Å². The van der Waals surface area contributed by atoms with E-state index in [-0.39, 0.29) is 6.04 Å². The van der Waals surface area contributed by atoms with E-state index in [9.17, 15) is 0 Å². The van der Waals surface area contributed by atoms with Gasteiger partial charge in [0.25, 0.3) is 0 Å². The zero-order valence-electron chi connectivity index (χ0n) is 14.1. The predicted molar refractivity (Wildman–Crippen MR) is 93.3 cm³/mol. The highest BCUT2D eigenvalue weighted by Gasteiger charge is 2.39. The van der Waals surface area contributed by atoms with E-state index in [0.29, 0.717) is 6.04 Å². The first kappa shape index (κ1) is 14.5. The van der Waals surface area contributed by atoms with Crippen LogP contribution in [0.5, 0.6) is 0 Å². The number of nitrogens with zero attached hydrogens (tertiary/aromatic N) is 7. The molecule has 3 aromatic rings. The highest BCUT2D eigenvalue weighted by Crippen LogP contribution is 2.43. The van der Waals surface area contributed by atoms with Gasteiger partial charge in [0.2, 0.25) is 0 Å². The molecule has 7 heteroatoms. The molecular formula is C18H19N7. The van der Waals surface area contributed by atoms with Crippen molar-refractivity contribution in [3.05, 3.63) is 42.9 Å². The number of anilines is 1. The van der Waals surface area contributed by atoms with Crippen LogP contribution in [0.15, 0.2) is 37.1 Å². The molecule has 0 radical (unpaired) electrons. The fourth-order valence-electron chi connectivity index (χ4n) is 3.77. The van der Waals surface area contributed by atoms with Crippen molar-refractivity contribution in [2.75, 3.05) is 4.90 Å². The first-order chi connectivity index (χ1) is 12.4. The second-order valence-corrected chi connectivity index (χ2v) is 6.61. The van der Waals surface area contributed by atoms with Crippen molar-refractivity contribution in [1.29, 1.82) is 0 Å². The monoisotopic (exact) mass is 333 g/mol. The molecule has 126 valence electrons. The van der Waals surface area contributed by atoms with Gasteiger partial charge in [0.1, 0.15) is 12.0 Å². The number of hydrogen-bond acceptors (Lipinski definition) is 6. The van der Waals surface area contributed by atoms with Crippen molar-refractivity contribution in [3.8, 4) is 17.1 Å². The number of rotatable bonds is 3. The lowest BCUT2D eigenvalue weighted by Crippen LogP contribution is -2.46. The minimum atomic E-state index is 0.209. The van der Waals surface area contributed by atoms with Crippen LogP contribution in [-0.4, -0.2) is 35.8 Å². The Morgan fingerprint density at radius 3 is 2.76 bits per heavy atom. The van der Waals surface area contributed by atoms with Crippen LogP contribution in [0.1, 0.15) is 44.5 Å². The average molecular weight is 333 g/mol. The van der Waals surface area contributed by atoms with Gasteiger partial charge in [-0.1, -0.05) is 6.92 Å². The molecule has 0 N–H and O–H groups in total. The maximum atomic E-state index is 4.96. The Kier molecular flexibility index (Phi) is 3.26. The first-order valence-corrected chi connectivity index (χ1v) is 8.83. The normalized spacial score (nSPS) is 19.2. The maximum absolute atomic E-state index is 4.96. The largest absolute Gasteiger partial charge is 0.342 e. The highest BCUT2D eigenvalue weighted by molar-refractivity contribution is 5.66. The SMILES string of the molecule is CC[C@@H]1c2nncn2-c2cnc(-c3ccncc3)nc2N1C1CCC1. The predicted octanol–water partition coefficient (Wildman–Crippen LogP) is 2.94. The van der Waals surface area contributed by atoms with E-state index in [4.69, 9.17) is 4.98 Å². The minimum Gasteiger partial charge on any atom is -0.342 e. The number of hydrogen-bond donors (Lipinski definition) is 0. The topological polar surface area (TPSA) is 72.6 Å². The lowest BCUT2D eigenvalue weighted by molar-refractivity contribution is 0.342. The first-order valence-electron chi connectivity index (χ1n) is 8.83. The molecule has 0 amide bonds. The van der Waals surface area contributed by atoms with E-state index in [2.05, 4.69) is 32.0 Å². The molecule has 0 unspecified atom stereocenters. The molecule has 1 aliphatic heterocycles. The third-order valence-electron chi connectivity index (χ3n) is 5.26. The van der Waals surface area contributed by atoms with Gasteiger partial charge in [-0.15, -0.1) is 10.2 Å². The Morgan fingerprint density at radius 1 is 1.20 bits per heavy atom. The molecule has 2 aliphatic rings. The lowest BCUT2D eigenvalue weighted by Gasteiger charge is -2.45. The maximum Gasteiger partial charge on any atom is 0.161 e. The second-order valence-electron chi connectivity index (χ2n) is 6.61. The van der Waals surface area contributed by atoms with Gasteiger partial charge in [-0.05, 0) is 37.8 Å². The summed E-state index contributed by atoms with van der Waals surface area (Å²) in [6.07, 6.45) is 11.9. The Labute approximate surface area is 145 Å². The number of pyridine rings is 1. The Morgan fingerprint density at radius 2 is 2.04 bits per heavy atom. The standard InChI is InChI=1S/C18H19N7/c1-2-14-18-23-21-11-24(18)15-10-20-16(12-6-8-19-9-7-12)22-17(15)25(14)13-4-3-5-13/h6-11,13-14H,2-5H2,1H3/t14-/m1/s1. The van der Waals surface area contributed by atoms with Gasteiger partial charge >= 0.3 is 0 Å². The fraction of sp³-hybridized carbons (Fsp3) is 0.389. The zero-order valence-corrected chi connectivity index (χ0v) is 14.1. The van der Waals surface area contributed by atoms with Crippen molar-refractivity contribution in [2.24, 2.45) is 0 Å². The van der Waals surface area contributed by atoms with Gasteiger partial charge in [0, 0.05) is 24.0 Å². The summed E-state index contributed by atoms with van der Waals surface area (Å²) >= 11 is 0. The van der Waals surface area contributed by atoms with E-state index in [0.717, 1.165) is 35.1 Å². The molecule has 1 saturated carbocycles. The third kappa shape index (κ3) is 2.15. The van der Waals surface area contributed by atoms with Crippen molar-refractivity contribution in [3.63, 3.8) is 0 Å². The molecule has 5 rings (SSSR count). The molecule has 4 heterocycles. The van der Waals surface area contributed by atoms with Gasteiger partial charge in [0.05, 0.1) is 12.2 Å². The molecule has 3 aromatic heterocycles. The van der Waals surface area contributed by atoms with Crippen molar-refractivity contribution >= 4 is 5.82 Å². The van der Waals surface area contributed by atoms with Gasteiger partial charge in [-0.3, -0.25) is 9.55 Å². The van der Waals surface area contributed by atoms with E-state index < -0.39 is 0 Å². The Balaban J connectivity index is 1.70. The molecule has 0 aromatic carbocycles. The third-order valence-corrected chi connectivity index (χ3v) is 5.26. The number of aromatic nitrogens is 6. The quantitative estimate of drug-likeness (QED) is 0.734. The van der Waals surface area contributed by atoms with Crippen LogP contribution < -0.4 is 4.90 Å². The molecule has 1 aliphatic carbocycles. The molecule has 7 nitrogen and oxygen atoms in total. The molecule has 0 bridgehead atoms. The summed E-state index contributed by atoms with van der Waals surface area (Å²) < 4.78 is 2.04. The van der Waals surface area contributed by atoms with Crippen molar-refractivity contribution < 1.29 is 0 Å². The summed E-state index contributed by atoms with van der Waals surface area (Å²) in [6.45, 7) is 2.20. The van der Waals surface area contributed by atoms with Crippen LogP contribution in [-0.2, 0) is 0 Å². The summed E-state index contributed by atoms with van der Waals surface area (Å²) in [5, 5.41) is 8.53. The summed E-state index contributed by atoms with van der Waals surface area (Å²) in [4.78, 5) is 16.1.